The van der Waals surface area contributed by atoms with Gasteiger partial charge in [-0.2, -0.15) is 0 Å². The second kappa shape index (κ2) is 5.40. The molecule has 2 aromatic rings. The van der Waals surface area contributed by atoms with Crippen LogP contribution in [0.4, 0.5) is 11.6 Å². The van der Waals surface area contributed by atoms with Crippen molar-refractivity contribution in [3.05, 3.63) is 34.3 Å². The zero-order valence-electron chi connectivity index (χ0n) is 11.9. The third-order valence-electron chi connectivity index (χ3n) is 3.79. The third kappa shape index (κ3) is 2.93. The van der Waals surface area contributed by atoms with E-state index in [0.717, 1.165) is 18.1 Å². The molecule has 1 saturated carbocycles. The Hall–Kier alpha value is -1.62. The average Bonchev–Trinajstić information content (AvgIpc) is 3.16. The van der Waals surface area contributed by atoms with E-state index in [1.807, 2.05) is 6.07 Å². The van der Waals surface area contributed by atoms with Gasteiger partial charge in [-0.25, -0.2) is 9.97 Å². The van der Waals surface area contributed by atoms with Gasteiger partial charge >= 0.3 is 0 Å². The van der Waals surface area contributed by atoms with Crippen LogP contribution in [0.25, 0.3) is 0 Å². The van der Waals surface area contributed by atoms with Gasteiger partial charge in [0.1, 0.15) is 17.5 Å². The summed E-state index contributed by atoms with van der Waals surface area (Å²) in [7, 11) is 2.08. The highest BCUT2D eigenvalue weighted by molar-refractivity contribution is 7.09. The summed E-state index contributed by atoms with van der Waals surface area (Å²) in [4.78, 5) is 12.6. The fraction of sp³-hybridized carbons (Fsp3) is 0.467. The Labute approximate surface area is 123 Å². The standard InChI is InChI=1S/C15H20N4S/c1-10(8-12-4-3-7-20-12)19(2)14-9-13(16)17-15(18-14)11-5-6-11/h3-4,7,9-11H,5-6,8H2,1-2H3,(H2,16,17,18). The second-order valence-electron chi connectivity index (χ2n) is 5.53. The van der Waals surface area contributed by atoms with Crippen molar-refractivity contribution < 1.29 is 0 Å². The highest BCUT2D eigenvalue weighted by Gasteiger charge is 2.27. The van der Waals surface area contributed by atoms with E-state index in [2.05, 4.69) is 46.4 Å². The number of nitrogens with two attached hydrogens (primary N) is 1. The van der Waals surface area contributed by atoms with Crippen molar-refractivity contribution in [2.75, 3.05) is 17.7 Å². The van der Waals surface area contributed by atoms with E-state index in [4.69, 9.17) is 5.73 Å². The summed E-state index contributed by atoms with van der Waals surface area (Å²) in [6.07, 6.45) is 3.41. The van der Waals surface area contributed by atoms with Crippen molar-refractivity contribution in [3.63, 3.8) is 0 Å². The van der Waals surface area contributed by atoms with Gasteiger partial charge < -0.3 is 10.6 Å². The van der Waals surface area contributed by atoms with Crippen molar-refractivity contribution >= 4 is 23.0 Å². The molecule has 5 heteroatoms. The molecule has 0 aromatic carbocycles. The minimum absolute atomic E-state index is 0.384. The first kappa shape index (κ1) is 13.4. The molecule has 0 aliphatic heterocycles. The van der Waals surface area contributed by atoms with E-state index >= 15 is 0 Å². The van der Waals surface area contributed by atoms with Crippen LogP contribution < -0.4 is 10.6 Å². The van der Waals surface area contributed by atoms with Crippen molar-refractivity contribution in [1.82, 2.24) is 9.97 Å². The van der Waals surface area contributed by atoms with Crippen LogP contribution in [0.2, 0.25) is 0 Å². The van der Waals surface area contributed by atoms with E-state index in [1.54, 1.807) is 11.3 Å². The number of rotatable bonds is 5. The Morgan fingerprint density at radius 2 is 2.25 bits per heavy atom. The molecule has 1 aliphatic carbocycles. The van der Waals surface area contributed by atoms with Gasteiger partial charge in [-0.15, -0.1) is 11.3 Å². The SMILES string of the molecule is CC(Cc1cccs1)N(C)c1cc(N)nc(C2CC2)n1. The number of likely N-dealkylation sites (N-methyl/N-ethyl adjacent to an activating group) is 1. The van der Waals surface area contributed by atoms with Crippen LogP contribution in [-0.4, -0.2) is 23.1 Å². The first-order valence-electron chi connectivity index (χ1n) is 7.03. The van der Waals surface area contributed by atoms with Crippen LogP contribution in [0.15, 0.2) is 23.6 Å². The number of hydrogen-bond acceptors (Lipinski definition) is 5. The number of nitrogen functional groups attached to an aromatic ring is 1. The average molecular weight is 288 g/mol. The molecule has 1 aliphatic rings. The predicted octanol–water partition coefficient (Wildman–Crippen LogP) is 3.07. The van der Waals surface area contributed by atoms with Crippen LogP contribution in [0.1, 0.15) is 36.4 Å². The third-order valence-corrected chi connectivity index (χ3v) is 4.69. The Kier molecular flexibility index (Phi) is 3.61. The van der Waals surface area contributed by atoms with E-state index in [1.165, 1.54) is 17.7 Å². The lowest BCUT2D eigenvalue weighted by atomic mass is 10.2. The molecule has 0 radical (unpaired) electrons. The molecular weight excluding hydrogens is 268 g/mol. The molecule has 20 heavy (non-hydrogen) atoms. The first-order valence-corrected chi connectivity index (χ1v) is 7.91. The summed E-state index contributed by atoms with van der Waals surface area (Å²) >= 11 is 1.80. The quantitative estimate of drug-likeness (QED) is 0.918. The number of aromatic nitrogens is 2. The zero-order chi connectivity index (χ0) is 14.1. The van der Waals surface area contributed by atoms with Gasteiger partial charge in [0.2, 0.25) is 0 Å². The molecule has 2 N–H and O–H groups in total. The molecule has 1 atom stereocenters. The number of anilines is 2. The fourth-order valence-corrected chi connectivity index (χ4v) is 3.09. The Morgan fingerprint density at radius 3 is 2.90 bits per heavy atom. The molecule has 2 aromatic heterocycles. The topological polar surface area (TPSA) is 55.0 Å². The second-order valence-corrected chi connectivity index (χ2v) is 6.56. The van der Waals surface area contributed by atoms with E-state index in [9.17, 15) is 0 Å². The Balaban J connectivity index is 1.76. The highest BCUT2D eigenvalue weighted by atomic mass is 32.1. The summed E-state index contributed by atoms with van der Waals surface area (Å²) < 4.78 is 0. The molecule has 0 bridgehead atoms. The normalized spacial score (nSPS) is 16.1. The summed E-state index contributed by atoms with van der Waals surface area (Å²) in [5, 5.41) is 2.12. The number of hydrogen-bond donors (Lipinski definition) is 1. The van der Waals surface area contributed by atoms with Gasteiger partial charge in [0.05, 0.1) is 0 Å². The van der Waals surface area contributed by atoms with Crippen LogP contribution in [0.5, 0.6) is 0 Å². The lowest BCUT2D eigenvalue weighted by molar-refractivity contribution is 0.676. The molecule has 0 spiro atoms. The van der Waals surface area contributed by atoms with E-state index in [0.29, 0.717) is 17.8 Å². The van der Waals surface area contributed by atoms with Crippen LogP contribution in [-0.2, 0) is 6.42 Å². The van der Waals surface area contributed by atoms with Crippen LogP contribution >= 0.6 is 11.3 Å². The molecule has 4 nitrogen and oxygen atoms in total. The largest absolute Gasteiger partial charge is 0.384 e. The molecule has 106 valence electrons. The van der Waals surface area contributed by atoms with Crippen molar-refractivity contribution in [2.45, 2.75) is 38.1 Å². The lowest BCUT2D eigenvalue weighted by Crippen LogP contribution is -2.31. The molecule has 1 fully saturated rings. The maximum absolute atomic E-state index is 5.92. The maximum Gasteiger partial charge on any atom is 0.136 e. The fourth-order valence-electron chi connectivity index (χ4n) is 2.26. The number of nitrogens with zero attached hydrogens (tertiary/aromatic N) is 3. The van der Waals surface area contributed by atoms with Gasteiger partial charge in [0.25, 0.3) is 0 Å². The van der Waals surface area contributed by atoms with Gasteiger partial charge in [0.15, 0.2) is 0 Å². The molecule has 0 amide bonds. The van der Waals surface area contributed by atoms with Crippen molar-refractivity contribution in [2.24, 2.45) is 0 Å². The van der Waals surface area contributed by atoms with E-state index < -0.39 is 0 Å². The van der Waals surface area contributed by atoms with E-state index in [-0.39, 0.29) is 0 Å². The zero-order valence-corrected chi connectivity index (χ0v) is 12.7. The van der Waals surface area contributed by atoms with Gasteiger partial charge in [0, 0.05) is 36.4 Å². The minimum atomic E-state index is 0.384. The van der Waals surface area contributed by atoms with Crippen LogP contribution in [0.3, 0.4) is 0 Å². The Morgan fingerprint density at radius 1 is 1.45 bits per heavy atom. The minimum Gasteiger partial charge on any atom is -0.384 e. The summed E-state index contributed by atoms with van der Waals surface area (Å²) in [5.41, 5.74) is 5.92. The van der Waals surface area contributed by atoms with Crippen LogP contribution in [0, 0.1) is 0 Å². The molecular formula is C15H20N4S. The molecule has 2 heterocycles. The Bertz CT molecular complexity index is 578. The summed E-state index contributed by atoms with van der Waals surface area (Å²) in [6.45, 7) is 2.22. The van der Waals surface area contributed by atoms with Crippen molar-refractivity contribution in [1.29, 1.82) is 0 Å². The maximum atomic E-state index is 5.92. The van der Waals surface area contributed by atoms with Crippen molar-refractivity contribution in [3.8, 4) is 0 Å². The smallest absolute Gasteiger partial charge is 0.136 e. The number of thiophene rings is 1. The van der Waals surface area contributed by atoms with Gasteiger partial charge in [-0.1, -0.05) is 6.07 Å². The summed E-state index contributed by atoms with van der Waals surface area (Å²) in [6, 6.07) is 6.53. The molecule has 0 saturated heterocycles. The summed E-state index contributed by atoms with van der Waals surface area (Å²) in [5.74, 6) is 2.95. The lowest BCUT2D eigenvalue weighted by Gasteiger charge is -2.26. The predicted molar refractivity (Wildman–Crippen MR) is 84.3 cm³/mol. The molecule has 3 rings (SSSR count). The monoisotopic (exact) mass is 288 g/mol. The highest BCUT2D eigenvalue weighted by Crippen LogP contribution is 2.39. The van der Waals surface area contributed by atoms with Gasteiger partial charge in [-0.3, -0.25) is 0 Å². The van der Waals surface area contributed by atoms with Gasteiger partial charge in [-0.05, 0) is 31.2 Å². The molecule has 1 unspecified atom stereocenters. The first-order chi connectivity index (χ1) is 9.63.